The van der Waals surface area contributed by atoms with E-state index in [2.05, 4.69) is 17.5 Å². The van der Waals surface area contributed by atoms with Crippen LogP contribution in [-0.4, -0.2) is 26.8 Å². The van der Waals surface area contributed by atoms with E-state index in [0.717, 1.165) is 25.5 Å². The van der Waals surface area contributed by atoms with Gasteiger partial charge in [0.1, 0.15) is 0 Å². The predicted molar refractivity (Wildman–Crippen MR) is 55.8 cm³/mol. The highest BCUT2D eigenvalue weighted by molar-refractivity contribution is 4.90. The van der Waals surface area contributed by atoms with E-state index >= 15 is 0 Å². The van der Waals surface area contributed by atoms with E-state index in [0.29, 0.717) is 0 Å². The Morgan fingerprint density at radius 1 is 1.46 bits per heavy atom. The Morgan fingerprint density at radius 3 is 3.08 bits per heavy atom. The zero-order chi connectivity index (χ0) is 9.36. The minimum Gasteiger partial charge on any atom is -0.385 e. The SMILES string of the molecule is COCCCNCC1CC=CCC1. The summed E-state index contributed by atoms with van der Waals surface area (Å²) in [7, 11) is 1.76. The summed E-state index contributed by atoms with van der Waals surface area (Å²) >= 11 is 0. The van der Waals surface area contributed by atoms with E-state index in [1.807, 2.05) is 0 Å². The molecule has 0 saturated carbocycles. The van der Waals surface area contributed by atoms with Gasteiger partial charge in [-0.05, 0) is 44.7 Å². The summed E-state index contributed by atoms with van der Waals surface area (Å²) in [5.74, 6) is 0.868. The average Bonchev–Trinajstić information content (AvgIpc) is 2.19. The molecule has 1 unspecified atom stereocenters. The van der Waals surface area contributed by atoms with Crippen LogP contribution in [0.4, 0.5) is 0 Å². The Labute approximate surface area is 81.4 Å². The van der Waals surface area contributed by atoms with Gasteiger partial charge in [-0.25, -0.2) is 0 Å². The molecular weight excluding hydrogens is 162 g/mol. The van der Waals surface area contributed by atoms with Crippen molar-refractivity contribution >= 4 is 0 Å². The molecule has 2 heteroatoms. The molecule has 76 valence electrons. The quantitative estimate of drug-likeness (QED) is 0.502. The summed E-state index contributed by atoms with van der Waals surface area (Å²) in [5.41, 5.74) is 0. The molecular formula is C11H21NO. The van der Waals surface area contributed by atoms with Crippen LogP contribution in [0.25, 0.3) is 0 Å². The second-order valence-corrected chi connectivity index (χ2v) is 3.70. The van der Waals surface area contributed by atoms with Gasteiger partial charge in [-0.15, -0.1) is 0 Å². The molecule has 13 heavy (non-hydrogen) atoms. The third-order valence-corrected chi connectivity index (χ3v) is 2.51. The van der Waals surface area contributed by atoms with E-state index in [1.54, 1.807) is 7.11 Å². The van der Waals surface area contributed by atoms with Crippen molar-refractivity contribution in [3.05, 3.63) is 12.2 Å². The van der Waals surface area contributed by atoms with Crippen LogP contribution >= 0.6 is 0 Å². The molecule has 1 atom stereocenters. The molecule has 1 aliphatic carbocycles. The Kier molecular flexibility index (Phi) is 5.87. The number of hydrogen-bond donors (Lipinski definition) is 1. The minimum atomic E-state index is 0.868. The van der Waals surface area contributed by atoms with Crippen LogP contribution in [0.2, 0.25) is 0 Å². The highest BCUT2D eigenvalue weighted by atomic mass is 16.5. The molecule has 1 N–H and O–H groups in total. The van der Waals surface area contributed by atoms with Gasteiger partial charge in [0.25, 0.3) is 0 Å². The lowest BCUT2D eigenvalue weighted by atomic mass is 9.94. The van der Waals surface area contributed by atoms with Crippen molar-refractivity contribution in [3.8, 4) is 0 Å². The first-order chi connectivity index (χ1) is 6.43. The molecule has 1 rings (SSSR count). The van der Waals surface area contributed by atoms with Gasteiger partial charge in [0.2, 0.25) is 0 Å². The van der Waals surface area contributed by atoms with E-state index < -0.39 is 0 Å². The molecule has 0 spiro atoms. The van der Waals surface area contributed by atoms with Gasteiger partial charge < -0.3 is 10.1 Å². The van der Waals surface area contributed by atoms with Crippen molar-refractivity contribution in [2.24, 2.45) is 5.92 Å². The van der Waals surface area contributed by atoms with E-state index in [9.17, 15) is 0 Å². The monoisotopic (exact) mass is 183 g/mol. The summed E-state index contributed by atoms with van der Waals surface area (Å²) in [6, 6.07) is 0. The summed E-state index contributed by atoms with van der Waals surface area (Å²) < 4.78 is 4.98. The van der Waals surface area contributed by atoms with Crippen molar-refractivity contribution in [1.29, 1.82) is 0 Å². The number of nitrogens with one attached hydrogen (secondary N) is 1. The average molecular weight is 183 g/mol. The molecule has 0 aromatic carbocycles. The lowest BCUT2D eigenvalue weighted by Crippen LogP contribution is -2.25. The van der Waals surface area contributed by atoms with E-state index in [4.69, 9.17) is 4.74 Å². The molecule has 0 radical (unpaired) electrons. The summed E-state index contributed by atoms with van der Waals surface area (Å²) in [4.78, 5) is 0. The Morgan fingerprint density at radius 2 is 2.38 bits per heavy atom. The summed E-state index contributed by atoms with van der Waals surface area (Å²) in [6.45, 7) is 3.14. The standard InChI is InChI=1S/C11H21NO/c1-13-9-5-8-12-10-11-6-3-2-4-7-11/h2-3,11-12H,4-10H2,1H3. The van der Waals surface area contributed by atoms with Crippen LogP contribution in [0.5, 0.6) is 0 Å². The van der Waals surface area contributed by atoms with Crippen LogP contribution in [0, 0.1) is 5.92 Å². The zero-order valence-electron chi connectivity index (χ0n) is 8.59. The highest BCUT2D eigenvalue weighted by Gasteiger charge is 2.08. The van der Waals surface area contributed by atoms with Crippen LogP contribution in [0.1, 0.15) is 25.7 Å². The second-order valence-electron chi connectivity index (χ2n) is 3.70. The Hall–Kier alpha value is -0.340. The molecule has 1 aliphatic rings. The van der Waals surface area contributed by atoms with E-state index in [1.165, 1.54) is 25.8 Å². The smallest absolute Gasteiger partial charge is 0.0474 e. The largest absolute Gasteiger partial charge is 0.385 e. The number of allylic oxidation sites excluding steroid dienone is 2. The molecule has 0 saturated heterocycles. The molecule has 0 aliphatic heterocycles. The Balaban J connectivity index is 1.90. The third kappa shape index (κ3) is 5.06. The third-order valence-electron chi connectivity index (χ3n) is 2.51. The van der Waals surface area contributed by atoms with Crippen molar-refractivity contribution in [2.75, 3.05) is 26.8 Å². The fourth-order valence-electron chi connectivity index (χ4n) is 1.69. The lowest BCUT2D eigenvalue weighted by molar-refractivity contribution is 0.193. The normalized spacial score (nSPS) is 22.1. The zero-order valence-corrected chi connectivity index (χ0v) is 8.59. The van der Waals surface area contributed by atoms with Gasteiger partial charge in [-0.2, -0.15) is 0 Å². The number of hydrogen-bond acceptors (Lipinski definition) is 2. The van der Waals surface area contributed by atoms with Crippen LogP contribution in [-0.2, 0) is 4.74 Å². The highest BCUT2D eigenvalue weighted by Crippen LogP contribution is 2.16. The molecule has 0 bridgehead atoms. The van der Waals surface area contributed by atoms with E-state index in [-0.39, 0.29) is 0 Å². The van der Waals surface area contributed by atoms with Crippen molar-refractivity contribution < 1.29 is 4.74 Å². The lowest BCUT2D eigenvalue weighted by Gasteiger charge is -2.17. The minimum absolute atomic E-state index is 0.868. The maximum Gasteiger partial charge on any atom is 0.0474 e. The van der Waals surface area contributed by atoms with Gasteiger partial charge in [0.05, 0.1) is 0 Å². The topological polar surface area (TPSA) is 21.3 Å². The number of rotatable bonds is 6. The van der Waals surface area contributed by atoms with Gasteiger partial charge in [0.15, 0.2) is 0 Å². The fourth-order valence-corrected chi connectivity index (χ4v) is 1.69. The molecule has 2 nitrogen and oxygen atoms in total. The van der Waals surface area contributed by atoms with Gasteiger partial charge in [-0.3, -0.25) is 0 Å². The fraction of sp³-hybridized carbons (Fsp3) is 0.818. The number of ether oxygens (including phenoxy) is 1. The molecule has 0 fully saturated rings. The van der Waals surface area contributed by atoms with Gasteiger partial charge in [-0.1, -0.05) is 12.2 Å². The van der Waals surface area contributed by atoms with Gasteiger partial charge >= 0.3 is 0 Å². The predicted octanol–water partition coefficient (Wildman–Crippen LogP) is 1.97. The molecule has 0 amide bonds. The summed E-state index contributed by atoms with van der Waals surface area (Å²) in [6.07, 6.45) is 9.61. The summed E-state index contributed by atoms with van der Waals surface area (Å²) in [5, 5.41) is 3.48. The first-order valence-electron chi connectivity index (χ1n) is 5.28. The second kappa shape index (κ2) is 7.10. The molecule has 0 heterocycles. The van der Waals surface area contributed by atoms with Crippen LogP contribution < -0.4 is 5.32 Å². The number of methoxy groups -OCH3 is 1. The Bertz CT molecular complexity index is 145. The van der Waals surface area contributed by atoms with Crippen LogP contribution in [0.15, 0.2) is 12.2 Å². The first-order valence-corrected chi connectivity index (χ1v) is 5.28. The maximum absolute atomic E-state index is 4.98. The van der Waals surface area contributed by atoms with Crippen LogP contribution in [0.3, 0.4) is 0 Å². The van der Waals surface area contributed by atoms with Crippen molar-refractivity contribution in [1.82, 2.24) is 5.32 Å². The molecule has 0 aromatic heterocycles. The van der Waals surface area contributed by atoms with Crippen molar-refractivity contribution in [2.45, 2.75) is 25.7 Å². The van der Waals surface area contributed by atoms with Crippen molar-refractivity contribution in [3.63, 3.8) is 0 Å². The first kappa shape index (κ1) is 10.7. The van der Waals surface area contributed by atoms with Gasteiger partial charge in [0, 0.05) is 13.7 Å². The maximum atomic E-state index is 4.98. The molecule has 0 aromatic rings.